The lowest BCUT2D eigenvalue weighted by atomic mass is 10.2. The van der Waals surface area contributed by atoms with Crippen molar-refractivity contribution in [2.45, 2.75) is 11.4 Å². The van der Waals surface area contributed by atoms with Crippen LogP contribution in [0.25, 0.3) is 0 Å². The van der Waals surface area contributed by atoms with Crippen molar-refractivity contribution in [1.82, 2.24) is 0 Å². The molecule has 0 unspecified atom stereocenters. The molecule has 1 heterocycles. The van der Waals surface area contributed by atoms with E-state index < -0.39 is 0 Å². The van der Waals surface area contributed by atoms with Crippen molar-refractivity contribution in [2.75, 3.05) is 6.61 Å². The molecule has 100 valence electrons. The number of halogens is 1. The van der Waals surface area contributed by atoms with Gasteiger partial charge in [-0.2, -0.15) is 0 Å². The summed E-state index contributed by atoms with van der Waals surface area (Å²) in [6.07, 6.45) is 3.73. The Morgan fingerprint density at radius 3 is 2.58 bits per heavy atom. The van der Waals surface area contributed by atoms with Crippen LogP contribution in [0, 0.1) is 0 Å². The number of aromatic nitrogens is 1. The highest BCUT2D eigenvalue weighted by molar-refractivity contribution is 8.14. The molecule has 0 spiro atoms. The van der Waals surface area contributed by atoms with Crippen LogP contribution in [-0.2, 0) is 6.54 Å². The van der Waals surface area contributed by atoms with E-state index >= 15 is 0 Å². The molecule has 0 amide bonds. The van der Waals surface area contributed by atoms with Gasteiger partial charge in [0, 0.05) is 11.6 Å². The Kier molecular flexibility index (Phi) is 7.04. The number of nitrogens with zero attached hydrogens (tertiary/aromatic N) is 1. The first-order valence-corrected chi connectivity index (χ1v) is 6.48. The molecule has 0 aliphatic rings. The van der Waals surface area contributed by atoms with Crippen molar-refractivity contribution in [1.29, 1.82) is 0 Å². The van der Waals surface area contributed by atoms with Crippen LogP contribution in [0.15, 0.2) is 59.8 Å². The molecule has 0 saturated heterocycles. The standard InChI is InChI=1S/C14H14NO2S.HI/c16-10-9-15-8-4-7-13(11-15)18-14(17)12-5-2-1-3-6-12;/h1-8,11,16H,9-10H2;1H/q+1;/p-1. The van der Waals surface area contributed by atoms with Crippen molar-refractivity contribution < 1.29 is 38.4 Å². The van der Waals surface area contributed by atoms with Gasteiger partial charge in [-0.25, -0.2) is 4.57 Å². The summed E-state index contributed by atoms with van der Waals surface area (Å²) in [5.74, 6) is 0. The average molecular weight is 387 g/mol. The first-order chi connectivity index (χ1) is 8.79. The molecule has 0 fully saturated rings. The van der Waals surface area contributed by atoms with Crippen molar-refractivity contribution in [3.8, 4) is 0 Å². The zero-order valence-electron chi connectivity index (χ0n) is 10.2. The van der Waals surface area contributed by atoms with Gasteiger partial charge in [0.05, 0.1) is 4.90 Å². The number of pyridine rings is 1. The van der Waals surface area contributed by atoms with E-state index in [2.05, 4.69) is 0 Å². The van der Waals surface area contributed by atoms with Crippen LogP contribution in [0.3, 0.4) is 0 Å². The number of aliphatic hydroxyl groups excluding tert-OH is 1. The minimum Gasteiger partial charge on any atom is -1.00 e. The maximum Gasteiger partial charge on any atom is 0.224 e. The maximum absolute atomic E-state index is 12.0. The number of rotatable bonds is 4. The van der Waals surface area contributed by atoms with Gasteiger partial charge in [-0.3, -0.25) is 4.79 Å². The first kappa shape index (κ1) is 16.1. The van der Waals surface area contributed by atoms with Crippen molar-refractivity contribution in [2.24, 2.45) is 0 Å². The highest BCUT2D eigenvalue weighted by atomic mass is 127. The van der Waals surface area contributed by atoms with E-state index in [1.54, 1.807) is 12.1 Å². The van der Waals surface area contributed by atoms with Gasteiger partial charge < -0.3 is 29.1 Å². The Hall–Kier alpha value is -0.920. The number of carbonyl (C=O) groups excluding carboxylic acids is 1. The Morgan fingerprint density at radius 1 is 1.16 bits per heavy atom. The predicted molar refractivity (Wildman–Crippen MR) is 70.4 cm³/mol. The molecule has 5 heteroatoms. The molecule has 0 aliphatic heterocycles. The molecule has 1 aromatic heterocycles. The van der Waals surface area contributed by atoms with Crippen LogP contribution < -0.4 is 28.5 Å². The Bertz CT molecular complexity index is 534. The maximum atomic E-state index is 12.0. The molecule has 2 rings (SSSR count). The predicted octanol–water partition coefficient (Wildman–Crippen LogP) is -1.10. The van der Waals surface area contributed by atoms with Gasteiger partial charge in [0.15, 0.2) is 18.9 Å². The van der Waals surface area contributed by atoms with Crippen LogP contribution in [0.2, 0.25) is 0 Å². The molecule has 0 saturated carbocycles. The molecule has 2 aromatic rings. The van der Waals surface area contributed by atoms with E-state index in [1.165, 1.54) is 11.8 Å². The Labute approximate surface area is 133 Å². The fourth-order valence-corrected chi connectivity index (χ4v) is 2.36. The third-order valence-electron chi connectivity index (χ3n) is 2.41. The quantitative estimate of drug-likeness (QED) is 0.412. The molecule has 0 bridgehead atoms. The molecule has 1 aromatic carbocycles. The Balaban J connectivity index is 0.00000180. The largest absolute Gasteiger partial charge is 1.00 e. The van der Waals surface area contributed by atoms with E-state index in [0.717, 1.165) is 4.90 Å². The van der Waals surface area contributed by atoms with Gasteiger partial charge in [0.25, 0.3) is 0 Å². The van der Waals surface area contributed by atoms with Gasteiger partial charge >= 0.3 is 0 Å². The zero-order chi connectivity index (χ0) is 12.8. The lowest BCUT2D eigenvalue weighted by molar-refractivity contribution is -0.699. The summed E-state index contributed by atoms with van der Waals surface area (Å²) >= 11 is 1.20. The van der Waals surface area contributed by atoms with Crippen molar-refractivity contribution >= 4 is 16.9 Å². The number of hydrogen-bond acceptors (Lipinski definition) is 3. The van der Waals surface area contributed by atoms with Gasteiger partial charge in [-0.1, -0.05) is 30.3 Å². The average Bonchev–Trinajstić information content (AvgIpc) is 2.40. The van der Waals surface area contributed by atoms with E-state index in [1.807, 2.05) is 47.3 Å². The normalized spacial score (nSPS) is 9.74. The van der Waals surface area contributed by atoms with Gasteiger partial charge in [-0.05, 0) is 17.8 Å². The molecular formula is C14H14INO2S. The van der Waals surface area contributed by atoms with Crippen molar-refractivity contribution in [3.63, 3.8) is 0 Å². The summed E-state index contributed by atoms with van der Waals surface area (Å²) in [6, 6.07) is 13.0. The monoisotopic (exact) mass is 387 g/mol. The van der Waals surface area contributed by atoms with Crippen LogP contribution in [-0.4, -0.2) is 16.8 Å². The van der Waals surface area contributed by atoms with E-state index in [9.17, 15) is 4.79 Å². The number of hydrogen-bond donors (Lipinski definition) is 1. The minimum absolute atomic E-state index is 0. The fraction of sp³-hybridized carbons (Fsp3) is 0.143. The topological polar surface area (TPSA) is 41.2 Å². The van der Waals surface area contributed by atoms with Crippen LogP contribution >= 0.6 is 11.8 Å². The highest BCUT2D eigenvalue weighted by Crippen LogP contribution is 2.20. The summed E-state index contributed by atoms with van der Waals surface area (Å²) in [5, 5.41) is 8.90. The molecule has 0 radical (unpaired) electrons. The smallest absolute Gasteiger partial charge is 0.224 e. The van der Waals surface area contributed by atoms with Crippen LogP contribution in [0.1, 0.15) is 10.4 Å². The second kappa shape index (κ2) is 8.29. The summed E-state index contributed by atoms with van der Waals surface area (Å²) in [4.78, 5) is 12.9. The molecule has 0 atom stereocenters. The fourth-order valence-electron chi connectivity index (χ4n) is 1.55. The second-order valence-electron chi connectivity index (χ2n) is 3.76. The van der Waals surface area contributed by atoms with Crippen LogP contribution in [0.4, 0.5) is 0 Å². The van der Waals surface area contributed by atoms with Crippen molar-refractivity contribution in [3.05, 3.63) is 60.4 Å². The van der Waals surface area contributed by atoms with Gasteiger partial charge in [0.1, 0.15) is 6.61 Å². The Morgan fingerprint density at radius 2 is 1.89 bits per heavy atom. The molecular weight excluding hydrogens is 373 g/mol. The summed E-state index contributed by atoms with van der Waals surface area (Å²) in [7, 11) is 0. The molecule has 1 N–H and O–H groups in total. The first-order valence-electron chi connectivity index (χ1n) is 5.67. The lowest BCUT2D eigenvalue weighted by Crippen LogP contribution is -3.00. The highest BCUT2D eigenvalue weighted by Gasteiger charge is 2.10. The van der Waals surface area contributed by atoms with E-state index in [4.69, 9.17) is 5.11 Å². The summed E-state index contributed by atoms with van der Waals surface area (Å²) < 4.78 is 1.86. The number of carbonyl (C=O) groups is 1. The van der Waals surface area contributed by atoms with E-state index in [-0.39, 0.29) is 35.7 Å². The third-order valence-corrected chi connectivity index (χ3v) is 3.31. The number of aliphatic hydroxyl groups is 1. The minimum atomic E-state index is 0. The molecule has 0 aliphatic carbocycles. The summed E-state index contributed by atoms with van der Waals surface area (Å²) in [6.45, 7) is 0.624. The van der Waals surface area contributed by atoms with Gasteiger partial charge in [-0.15, -0.1) is 0 Å². The number of thioether (sulfide) groups is 1. The second-order valence-corrected chi connectivity index (χ2v) is 4.80. The number of benzene rings is 1. The third kappa shape index (κ3) is 4.93. The molecule has 3 nitrogen and oxygen atoms in total. The van der Waals surface area contributed by atoms with Gasteiger partial charge in [0.2, 0.25) is 5.12 Å². The molecule has 19 heavy (non-hydrogen) atoms. The summed E-state index contributed by atoms with van der Waals surface area (Å²) in [5.41, 5.74) is 0.695. The van der Waals surface area contributed by atoms with E-state index in [0.29, 0.717) is 12.1 Å². The lowest BCUT2D eigenvalue weighted by Gasteiger charge is -2.00. The zero-order valence-corrected chi connectivity index (χ0v) is 13.2. The van der Waals surface area contributed by atoms with Crippen LogP contribution in [0.5, 0.6) is 0 Å². The SMILES string of the molecule is O=C(Sc1ccc[n+](CCO)c1)c1ccccc1.[I-].